The Morgan fingerprint density at radius 1 is 0.633 bits per heavy atom. The zero-order chi connectivity index (χ0) is 20.6. The molecule has 0 aliphatic carbocycles. The summed E-state index contributed by atoms with van der Waals surface area (Å²) < 4.78 is 0. The minimum atomic E-state index is -0.874. The molecule has 0 unspecified atom stereocenters. The monoisotopic (exact) mass is 387 g/mol. The number of carbonyl (C=O) groups excluding carboxylic acids is 1. The van der Waals surface area contributed by atoms with Crippen molar-refractivity contribution in [1.82, 2.24) is 0 Å². The van der Waals surface area contributed by atoms with Crippen LogP contribution in [0.2, 0.25) is 0 Å². The Bertz CT molecular complexity index is 1730. The van der Waals surface area contributed by atoms with Crippen LogP contribution in [0, 0.1) is 5.41 Å². The Hall–Kier alpha value is -4.27. The Kier molecular flexibility index (Phi) is 3.13. The summed E-state index contributed by atoms with van der Waals surface area (Å²) in [6, 6.07) is 23.1. The first-order chi connectivity index (χ1) is 14.6. The molecule has 0 aliphatic rings. The summed E-state index contributed by atoms with van der Waals surface area (Å²) in [4.78, 5) is 20.3. The van der Waals surface area contributed by atoms with Crippen molar-refractivity contribution in [3.63, 3.8) is 0 Å². The van der Waals surface area contributed by atoms with E-state index in [-0.39, 0.29) is 0 Å². The Morgan fingerprint density at radius 2 is 0.967 bits per heavy atom. The number of rotatable bonds is 1. The SMILES string of the molecule is N=C=O.O=C(O)c1cc2ccc3ccc4ccc5ccc6ccc1c1c6c5c4c3c21. The van der Waals surface area contributed by atoms with Crippen LogP contribution >= 0.6 is 0 Å². The van der Waals surface area contributed by atoms with Crippen molar-refractivity contribution in [3.05, 3.63) is 72.3 Å². The predicted octanol–water partition coefficient (Wildman–Crippen LogP) is 6.52. The number of nitrogens with one attached hydrogen (secondary N) is 1. The second-order valence-corrected chi connectivity index (χ2v) is 7.57. The number of carboxylic acid groups (broad SMARTS) is 1. The van der Waals surface area contributed by atoms with Gasteiger partial charge in [-0.2, -0.15) is 0 Å². The lowest BCUT2D eigenvalue weighted by Gasteiger charge is -2.21. The maximum atomic E-state index is 12.0. The van der Waals surface area contributed by atoms with Gasteiger partial charge in [-0.05, 0) is 70.7 Å². The van der Waals surface area contributed by atoms with Crippen molar-refractivity contribution in [2.24, 2.45) is 0 Å². The molecule has 7 aromatic rings. The van der Waals surface area contributed by atoms with Crippen LogP contribution in [0.15, 0.2) is 66.7 Å². The van der Waals surface area contributed by atoms with Gasteiger partial charge >= 0.3 is 5.97 Å². The average Bonchev–Trinajstić information content (AvgIpc) is 2.77. The summed E-state index contributed by atoms with van der Waals surface area (Å²) in [7, 11) is 0. The van der Waals surface area contributed by atoms with E-state index >= 15 is 0 Å². The number of isocyanates is 1. The van der Waals surface area contributed by atoms with Crippen molar-refractivity contribution >= 4 is 76.7 Å². The Balaban J connectivity index is 0.000000554. The van der Waals surface area contributed by atoms with Gasteiger partial charge in [-0.1, -0.05) is 60.7 Å². The molecular weight excluding hydrogens is 374 g/mol. The first-order valence-electron chi connectivity index (χ1n) is 9.51. The van der Waals surface area contributed by atoms with E-state index in [2.05, 4.69) is 54.6 Å². The lowest BCUT2D eigenvalue weighted by Crippen LogP contribution is -2.00. The van der Waals surface area contributed by atoms with Gasteiger partial charge in [0.2, 0.25) is 6.08 Å². The van der Waals surface area contributed by atoms with Crippen LogP contribution in [0.3, 0.4) is 0 Å². The molecule has 0 heterocycles. The van der Waals surface area contributed by atoms with E-state index in [4.69, 9.17) is 10.2 Å². The number of aromatic carboxylic acids is 1. The van der Waals surface area contributed by atoms with Crippen LogP contribution in [0.1, 0.15) is 10.4 Å². The molecule has 0 bridgehead atoms. The van der Waals surface area contributed by atoms with Gasteiger partial charge in [0.05, 0.1) is 5.56 Å². The summed E-state index contributed by atoms with van der Waals surface area (Å²) in [6.45, 7) is 0. The standard InChI is InChI=1S/C25H12O2.CHNO/c26-25(27)18-11-16-8-7-14-4-2-12-1-3-13-5-6-15-9-10-17(18)24-22(15)20(13)19(12)21(14)23(16)24;2-1-3/h1-11H,(H,26,27);2H. The zero-order valence-corrected chi connectivity index (χ0v) is 15.6. The highest BCUT2D eigenvalue weighted by Gasteiger charge is 2.22. The van der Waals surface area contributed by atoms with Gasteiger partial charge in [0.15, 0.2) is 0 Å². The molecule has 0 saturated carbocycles. The summed E-state index contributed by atoms with van der Waals surface area (Å²) >= 11 is 0. The summed E-state index contributed by atoms with van der Waals surface area (Å²) in [6.07, 6.45) is 0.750. The average molecular weight is 387 g/mol. The normalized spacial score (nSPS) is 11.7. The highest BCUT2D eigenvalue weighted by molar-refractivity contribution is 6.45. The van der Waals surface area contributed by atoms with E-state index < -0.39 is 5.97 Å². The van der Waals surface area contributed by atoms with Gasteiger partial charge in [0, 0.05) is 0 Å². The largest absolute Gasteiger partial charge is 0.478 e. The molecule has 4 heteroatoms. The third kappa shape index (κ3) is 1.88. The van der Waals surface area contributed by atoms with Gasteiger partial charge in [0.1, 0.15) is 0 Å². The topological polar surface area (TPSA) is 78.2 Å². The molecule has 0 atom stereocenters. The van der Waals surface area contributed by atoms with E-state index in [0.29, 0.717) is 5.56 Å². The fraction of sp³-hybridized carbons (Fsp3) is 0. The molecule has 0 saturated heterocycles. The number of hydrogen-bond acceptors (Lipinski definition) is 3. The van der Waals surface area contributed by atoms with Crippen LogP contribution < -0.4 is 0 Å². The molecule has 0 spiro atoms. The van der Waals surface area contributed by atoms with E-state index in [1.54, 1.807) is 0 Å². The molecule has 140 valence electrons. The number of hydrogen-bond donors (Lipinski definition) is 2. The van der Waals surface area contributed by atoms with E-state index in [0.717, 1.165) is 27.6 Å². The van der Waals surface area contributed by atoms with Gasteiger partial charge in [-0.3, -0.25) is 0 Å². The Labute approximate surface area is 169 Å². The molecular formula is C26H13NO3. The minimum absolute atomic E-state index is 0.377. The molecule has 30 heavy (non-hydrogen) atoms. The second kappa shape index (κ2) is 5.63. The van der Waals surface area contributed by atoms with E-state index in [1.165, 1.54) is 43.1 Å². The van der Waals surface area contributed by atoms with Crippen LogP contribution in [0.25, 0.3) is 64.6 Å². The van der Waals surface area contributed by atoms with Gasteiger partial charge in [-0.25, -0.2) is 15.0 Å². The highest BCUT2D eigenvalue weighted by Crippen LogP contribution is 2.48. The summed E-state index contributed by atoms with van der Waals surface area (Å²) in [5.74, 6) is -0.874. The highest BCUT2D eigenvalue weighted by atomic mass is 16.4. The van der Waals surface area contributed by atoms with E-state index in [1.807, 2.05) is 12.1 Å². The number of carbonyl (C=O) groups is 1. The summed E-state index contributed by atoms with van der Waals surface area (Å²) in [5.41, 5.74) is 0.377. The molecule has 0 aliphatic heterocycles. The molecule has 4 nitrogen and oxygen atoms in total. The second-order valence-electron chi connectivity index (χ2n) is 7.57. The quantitative estimate of drug-likeness (QED) is 0.146. The number of benzene rings is 7. The van der Waals surface area contributed by atoms with Gasteiger partial charge in [0.25, 0.3) is 0 Å². The summed E-state index contributed by atoms with van der Waals surface area (Å²) in [5, 5.41) is 29.2. The third-order valence-electron chi connectivity index (χ3n) is 6.23. The first kappa shape index (κ1) is 16.7. The smallest absolute Gasteiger partial charge is 0.336 e. The fourth-order valence-electron chi connectivity index (χ4n) is 5.16. The van der Waals surface area contributed by atoms with Crippen molar-refractivity contribution in [3.8, 4) is 0 Å². The molecule has 0 amide bonds. The maximum Gasteiger partial charge on any atom is 0.336 e. The molecule has 2 N–H and O–H groups in total. The molecule has 0 radical (unpaired) electrons. The Morgan fingerprint density at radius 3 is 1.40 bits per heavy atom. The lowest BCUT2D eigenvalue weighted by atomic mass is 9.82. The molecule has 7 rings (SSSR count). The third-order valence-corrected chi connectivity index (χ3v) is 6.23. The molecule has 7 aromatic carbocycles. The zero-order valence-electron chi connectivity index (χ0n) is 15.6. The van der Waals surface area contributed by atoms with Crippen LogP contribution in [0.5, 0.6) is 0 Å². The van der Waals surface area contributed by atoms with Crippen molar-refractivity contribution < 1.29 is 14.7 Å². The van der Waals surface area contributed by atoms with Crippen LogP contribution in [0.4, 0.5) is 0 Å². The first-order valence-corrected chi connectivity index (χ1v) is 9.51. The fourth-order valence-corrected chi connectivity index (χ4v) is 5.16. The van der Waals surface area contributed by atoms with Crippen molar-refractivity contribution in [2.45, 2.75) is 0 Å². The molecule has 0 aromatic heterocycles. The number of carboxylic acids is 1. The molecule has 0 fully saturated rings. The lowest BCUT2D eigenvalue weighted by molar-refractivity contribution is 0.0699. The van der Waals surface area contributed by atoms with Gasteiger partial charge < -0.3 is 5.11 Å². The van der Waals surface area contributed by atoms with E-state index in [9.17, 15) is 9.90 Å². The van der Waals surface area contributed by atoms with Crippen LogP contribution in [-0.4, -0.2) is 17.2 Å². The van der Waals surface area contributed by atoms with Crippen molar-refractivity contribution in [2.75, 3.05) is 0 Å². The minimum Gasteiger partial charge on any atom is -0.478 e. The van der Waals surface area contributed by atoms with Gasteiger partial charge in [-0.15, -0.1) is 0 Å². The van der Waals surface area contributed by atoms with Crippen LogP contribution in [-0.2, 0) is 4.79 Å². The predicted molar refractivity (Wildman–Crippen MR) is 120 cm³/mol. The van der Waals surface area contributed by atoms with Crippen molar-refractivity contribution in [1.29, 1.82) is 5.41 Å². The maximum absolute atomic E-state index is 12.0.